The van der Waals surface area contributed by atoms with E-state index >= 15 is 0 Å². The summed E-state index contributed by atoms with van der Waals surface area (Å²) in [6.45, 7) is 6.87. The maximum Gasteiger partial charge on any atom is 0.319 e. The van der Waals surface area contributed by atoms with Crippen LogP contribution in [0.5, 0.6) is 0 Å². The zero-order chi connectivity index (χ0) is 15.8. The Hall–Kier alpha value is -1.30. The Bertz CT molecular complexity index is 466. The smallest absolute Gasteiger partial charge is 0.319 e. The van der Waals surface area contributed by atoms with Crippen LogP contribution in [0.25, 0.3) is 0 Å². The van der Waals surface area contributed by atoms with Gasteiger partial charge < -0.3 is 20.5 Å². The van der Waals surface area contributed by atoms with Crippen molar-refractivity contribution in [3.63, 3.8) is 0 Å². The molecule has 1 aromatic rings. The first-order chi connectivity index (χ1) is 9.88. The maximum absolute atomic E-state index is 11.7. The van der Waals surface area contributed by atoms with Gasteiger partial charge in [0.15, 0.2) is 0 Å². The van der Waals surface area contributed by atoms with E-state index in [1.54, 1.807) is 12.1 Å². The Morgan fingerprint density at radius 1 is 1.38 bits per heavy atom. The zero-order valence-corrected chi connectivity index (χ0v) is 13.4. The van der Waals surface area contributed by atoms with E-state index < -0.39 is 12.1 Å². The monoisotopic (exact) mass is 314 g/mol. The molecule has 0 saturated heterocycles. The number of hydrogen-bond donors (Lipinski definition) is 3. The molecule has 1 aromatic carbocycles. The number of ether oxygens (including phenoxy) is 1. The van der Waals surface area contributed by atoms with Crippen molar-refractivity contribution < 1.29 is 14.6 Å². The lowest BCUT2D eigenvalue weighted by Gasteiger charge is -2.14. The molecule has 21 heavy (non-hydrogen) atoms. The highest BCUT2D eigenvalue weighted by molar-refractivity contribution is 6.31. The van der Waals surface area contributed by atoms with E-state index in [9.17, 15) is 9.90 Å². The van der Waals surface area contributed by atoms with Crippen LogP contribution in [0, 0.1) is 12.8 Å². The van der Waals surface area contributed by atoms with E-state index in [1.807, 2.05) is 26.8 Å². The van der Waals surface area contributed by atoms with Gasteiger partial charge in [-0.25, -0.2) is 4.79 Å². The molecule has 6 heteroatoms. The summed E-state index contributed by atoms with van der Waals surface area (Å²) < 4.78 is 5.30. The fourth-order valence-electron chi connectivity index (χ4n) is 1.56. The molecule has 0 aromatic heterocycles. The normalized spacial score (nSPS) is 12.3. The van der Waals surface area contributed by atoms with Gasteiger partial charge in [0, 0.05) is 23.9 Å². The van der Waals surface area contributed by atoms with Crippen LogP contribution in [0.3, 0.4) is 0 Å². The SMILES string of the molecule is Cc1ccc(NC(=O)NCC(O)COCC(C)C)cc1Cl. The van der Waals surface area contributed by atoms with Crippen LogP contribution in [-0.4, -0.2) is 37.0 Å². The number of amides is 2. The minimum atomic E-state index is -0.726. The van der Waals surface area contributed by atoms with Gasteiger partial charge in [0.2, 0.25) is 0 Å². The molecule has 1 unspecified atom stereocenters. The van der Waals surface area contributed by atoms with Crippen LogP contribution in [0.2, 0.25) is 5.02 Å². The minimum Gasteiger partial charge on any atom is -0.389 e. The summed E-state index contributed by atoms with van der Waals surface area (Å²) in [6.07, 6.45) is -0.726. The van der Waals surface area contributed by atoms with Crippen molar-refractivity contribution in [2.75, 3.05) is 25.1 Å². The second-order valence-electron chi connectivity index (χ2n) is 5.38. The molecule has 5 nitrogen and oxygen atoms in total. The molecule has 2 amide bonds. The van der Waals surface area contributed by atoms with Crippen molar-refractivity contribution >= 4 is 23.3 Å². The highest BCUT2D eigenvalue weighted by Crippen LogP contribution is 2.19. The third-order valence-electron chi connectivity index (χ3n) is 2.69. The van der Waals surface area contributed by atoms with Crippen molar-refractivity contribution in [3.8, 4) is 0 Å². The summed E-state index contributed by atoms with van der Waals surface area (Å²) >= 11 is 5.98. The molecule has 118 valence electrons. The van der Waals surface area contributed by atoms with Crippen LogP contribution < -0.4 is 10.6 Å². The van der Waals surface area contributed by atoms with E-state index in [2.05, 4.69) is 10.6 Å². The van der Waals surface area contributed by atoms with Gasteiger partial charge in [0.05, 0.1) is 12.7 Å². The molecule has 1 atom stereocenters. The molecule has 0 spiro atoms. The highest BCUT2D eigenvalue weighted by atomic mass is 35.5. The number of carbonyl (C=O) groups excluding carboxylic acids is 1. The summed E-state index contributed by atoms with van der Waals surface area (Å²) in [5.41, 5.74) is 1.55. The Morgan fingerprint density at radius 2 is 2.10 bits per heavy atom. The third kappa shape index (κ3) is 7.32. The fraction of sp³-hybridized carbons (Fsp3) is 0.533. The number of rotatable bonds is 7. The molecule has 0 aliphatic carbocycles. The molecule has 0 radical (unpaired) electrons. The Morgan fingerprint density at radius 3 is 2.71 bits per heavy atom. The Labute approximate surface area is 130 Å². The van der Waals surface area contributed by atoms with Gasteiger partial charge in [-0.15, -0.1) is 0 Å². The van der Waals surface area contributed by atoms with Gasteiger partial charge in [-0.05, 0) is 30.5 Å². The van der Waals surface area contributed by atoms with Crippen molar-refractivity contribution in [2.24, 2.45) is 5.92 Å². The zero-order valence-electron chi connectivity index (χ0n) is 12.6. The first-order valence-corrected chi connectivity index (χ1v) is 7.33. The molecule has 0 bridgehead atoms. The van der Waals surface area contributed by atoms with Gasteiger partial charge in [0.25, 0.3) is 0 Å². The van der Waals surface area contributed by atoms with Crippen molar-refractivity contribution in [2.45, 2.75) is 26.9 Å². The van der Waals surface area contributed by atoms with Gasteiger partial charge in [-0.2, -0.15) is 0 Å². The third-order valence-corrected chi connectivity index (χ3v) is 3.10. The van der Waals surface area contributed by atoms with E-state index in [1.165, 1.54) is 0 Å². The quantitative estimate of drug-likeness (QED) is 0.724. The van der Waals surface area contributed by atoms with Crippen molar-refractivity contribution in [3.05, 3.63) is 28.8 Å². The fourth-order valence-corrected chi connectivity index (χ4v) is 1.74. The molecule has 0 heterocycles. The number of benzene rings is 1. The maximum atomic E-state index is 11.7. The van der Waals surface area contributed by atoms with Crippen LogP contribution in [0.4, 0.5) is 10.5 Å². The largest absolute Gasteiger partial charge is 0.389 e. The van der Waals surface area contributed by atoms with E-state index in [4.69, 9.17) is 16.3 Å². The van der Waals surface area contributed by atoms with Gasteiger partial charge in [-0.1, -0.05) is 31.5 Å². The molecular weight excluding hydrogens is 292 g/mol. The minimum absolute atomic E-state index is 0.128. The first kappa shape index (κ1) is 17.8. The van der Waals surface area contributed by atoms with E-state index in [0.29, 0.717) is 23.2 Å². The molecule has 3 N–H and O–H groups in total. The van der Waals surface area contributed by atoms with Crippen LogP contribution in [0.1, 0.15) is 19.4 Å². The number of carbonyl (C=O) groups is 1. The van der Waals surface area contributed by atoms with Crippen molar-refractivity contribution in [1.82, 2.24) is 5.32 Å². The standard InChI is InChI=1S/C15H23ClN2O3/c1-10(2)8-21-9-13(19)7-17-15(20)18-12-5-4-11(3)14(16)6-12/h4-6,10,13,19H,7-9H2,1-3H3,(H2,17,18,20). The molecule has 0 fully saturated rings. The summed E-state index contributed by atoms with van der Waals surface area (Å²) in [6, 6.07) is 4.88. The van der Waals surface area contributed by atoms with Gasteiger partial charge in [-0.3, -0.25) is 0 Å². The van der Waals surface area contributed by atoms with Crippen molar-refractivity contribution in [1.29, 1.82) is 0 Å². The predicted molar refractivity (Wildman–Crippen MR) is 84.9 cm³/mol. The van der Waals surface area contributed by atoms with Crippen LogP contribution in [-0.2, 0) is 4.74 Å². The molecule has 0 aliphatic heterocycles. The number of anilines is 1. The lowest BCUT2D eigenvalue weighted by Crippen LogP contribution is -2.37. The van der Waals surface area contributed by atoms with Gasteiger partial charge in [0.1, 0.15) is 0 Å². The topological polar surface area (TPSA) is 70.6 Å². The second kappa shape index (κ2) is 8.87. The number of aliphatic hydroxyl groups is 1. The number of aliphatic hydroxyl groups excluding tert-OH is 1. The average molecular weight is 315 g/mol. The van der Waals surface area contributed by atoms with Gasteiger partial charge >= 0.3 is 6.03 Å². The van der Waals surface area contributed by atoms with Crippen LogP contribution in [0.15, 0.2) is 18.2 Å². The number of nitrogens with one attached hydrogen (secondary N) is 2. The molecular formula is C15H23ClN2O3. The number of aryl methyl sites for hydroxylation is 1. The predicted octanol–water partition coefficient (Wildman–Crippen LogP) is 2.80. The first-order valence-electron chi connectivity index (χ1n) is 6.95. The number of hydrogen-bond acceptors (Lipinski definition) is 3. The summed E-state index contributed by atoms with van der Waals surface area (Å²) in [5, 5.41) is 15.5. The van der Waals surface area contributed by atoms with Crippen LogP contribution >= 0.6 is 11.6 Å². The highest BCUT2D eigenvalue weighted by Gasteiger charge is 2.08. The second-order valence-corrected chi connectivity index (χ2v) is 5.79. The lowest BCUT2D eigenvalue weighted by atomic mass is 10.2. The lowest BCUT2D eigenvalue weighted by molar-refractivity contribution is 0.0274. The Kier molecular flexibility index (Phi) is 7.50. The molecule has 0 saturated carbocycles. The average Bonchev–Trinajstić information content (AvgIpc) is 2.40. The van der Waals surface area contributed by atoms with E-state index in [0.717, 1.165) is 5.56 Å². The number of halogens is 1. The van der Waals surface area contributed by atoms with E-state index in [-0.39, 0.29) is 13.2 Å². The summed E-state index contributed by atoms with van der Waals surface area (Å²) in [4.78, 5) is 11.7. The summed E-state index contributed by atoms with van der Waals surface area (Å²) in [7, 11) is 0. The number of urea groups is 1. The Balaban J connectivity index is 2.28. The molecule has 1 rings (SSSR count). The molecule has 0 aliphatic rings. The summed E-state index contributed by atoms with van der Waals surface area (Å²) in [5.74, 6) is 0.416.